The minimum atomic E-state index is -1.02. The Morgan fingerprint density at radius 1 is 0.812 bits per heavy atom. The first kappa shape index (κ1) is 22.5. The first-order valence-electron chi connectivity index (χ1n) is 9.93. The van der Waals surface area contributed by atoms with Crippen molar-refractivity contribution in [3.05, 3.63) is 112 Å². The summed E-state index contributed by atoms with van der Waals surface area (Å²) in [5, 5.41) is 13.7. The van der Waals surface area contributed by atoms with Crippen LogP contribution in [0.1, 0.15) is 16.7 Å². The standard InChI is InChI=1S/C24H22N2O6/c27-23(31-17-20-13-7-8-14-22(20)26(29)30)21(15-18-9-3-1-4-10-18)25-24(28)32-16-19-11-5-2-6-12-19/h1-14,21H,15-17H2,(H,25,28)/t21-/m0/s1. The molecule has 0 heterocycles. The van der Waals surface area contributed by atoms with Crippen LogP contribution in [0.2, 0.25) is 0 Å². The lowest BCUT2D eigenvalue weighted by atomic mass is 10.1. The number of carbonyl (C=O) groups is 2. The van der Waals surface area contributed by atoms with Crippen LogP contribution < -0.4 is 5.32 Å². The van der Waals surface area contributed by atoms with Gasteiger partial charge in [0, 0.05) is 12.5 Å². The highest BCUT2D eigenvalue weighted by atomic mass is 16.6. The van der Waals surface area contributed by atoms with Crippen LogP contribution in [0.3, 0.4) is 0 Å². The number of nitrogens with one attached hydrogen (secondary N) is 1. The number of esters is 1. The van der Waals surface area contributed by atoms with Crippen LogP contribution in [0.25, 0.3) is 0 Å². The number of benzene rings is 3. The van der Waals surface area contributed by atoms with Crippen LogP contribution in [-0.4, -0.2) is 23.0 Å². The molecule has 0 spiro atoms. The maximum Gasteiger partial charge on any atom is 0.408 e. The molecule has 0 unspecified atom stereocenters. The van der Waals surface area contributed by atoms with Gasteiger partial charge in [-0.25, -0.2) is 9.59 Å². The molecule has 3 rings (SSSR count). The van der Waals surface area contributed by atoms with E-state index >= 15 is 0 Å². The molecule has 0 aliphatic rings. The van der Waals surface area contributed by atoms with E-state index in [0.717, 1.165) is 11.1 Å². The van der Waals surface area contributed by atoms with Crippen molar-refractivity contribution in [1.82, 2.24) is 5.32 Å². The maximum atomic E-state index is 12.7. The Morgan fingerprint density at radius 2 is 1.41 bits per heavy atom. The van der Waals surface area contributed by atoms with Gasteiger partial charge in [0.2, 0.25) is 0 Å². The zero-order chi connectivity index (χ0) is 22.8. The number of hydrogen-bond donors (Lipinski definition) is 1. The molecule has 0 aromatic heterocycles. The smallest absolute Gasteiger partial charge is 0.408 e. The second-order valence-electron chi connectivity index (χ2n) is 6.94. The molecule has 1 atom stereocenters. The number of amides is 1. The number of hydrogen-bond acceptors (Lipinski definition) is 6. The molecule has 0 fully saturated rings. The molecule has 1 amide bonds. The number of nitrogens with zero attached hydrogens (tertiary/aromatic N) is 1. The van der Waals surface area contributed by atoms with Crippen molar-refractivity contribution in [1.29, 1.82) is 0 Å². The number of para-hydroxylation sites is 1. The van der Waals surface area contributed by atoms with Crippen LogP contribution in [0.15, 0.2) is 84.9 Å². The van der Waals surface area contributed by atoms with Gasteiger partial charge in [-0.05, 0) is 17.2 Å². The number of carbonyl (C=O) groups excluding carboxylic acids is 2. The van der Waals surface area contributed by atoms with Crippen LogP contribution in [-0.2, 0) is 33.9 Å². The Balaban J connectivity index is 1.65. The summed E-state index contributed by atoms with van der Waals surface area (Å²) in [4.78, 5) is 35.7. The normalized spacial score (nSPS) is 11.2. The largest absolute Gasteiger partial charge is 0.459 e. The monoisotopic (exact) mass is 434 g/mol. The molecule has 3 aromatic rings. The van der Waals surface area contributed by atoms with E-state index in [1.54, 1.807) is 6.07 Å². The minimum absolute atomic E-state index is 0.0516. The number of ether oxygens (including phenoxy) is 2. The first-order valence-corrected chi connectivity index (χ1v) is 9.93. The van der Waals surface area contributed by atoms with Gasteiger partial charge in [0.1, 0.15) is 19.3 Å². The van der Waals surface area contributed by atoms with E-state index in [4.69, 9.17) is 9.47 Å². The van der Waals surface area contributed by atoms with Crippen molar-refractivity contribution in [2.75, 3.05) is 0 Å². The van der Waals surface area contributed by atoms with Crippen molar-refractivity contribution in [3.63, 3.8) is 0 Å². The fourth-order valence-electron chi connectivity index (χ4n) is 3.01. The Labute approximate surface area is 184 Å². The molecule has 0 radical (unpaired) electrons. The molecule has 0 aliphatic heterocycles. The lowest BCUT2D eigenvalue weighted by Crippen LogP contribution is -2.43. The van der Waals surface area contributed by atoms with Gasteiger partial charge in [0.05, 0.1) is 10.5 Å². The molecule has 0 saturated heterocycles. The van der Waals surface area contributed by atoms with Crippen molar-refractivity contribution >= 4 is 17.7 Å². The fraction of sp³-hybridized carbons (Fsp3) is 0.167. The molecular formula is C24H22N2O6. The fourth-order valence-corrected chi connectivity index (χ4v) is 3.01. The highest BCUT2D eigenvalue weighted by Gasteiger charge is 2.25. The third-order valence-corrected chi connectivity index (χ3v) is 4.63. The number of alkyl carbamates (subject to hydrolysis) is 1. The van der Waals surface area contributed by atoms with Crippen LogP contribution >= 0.6 is 0 Å². The topological polar surface area (TPSA) is 108 Å². The van der Waals surface area contributed by atoms with Crippen LogP contribution in [0.4, 0.5) is 10.5 Å². The van der Waals surface area contributed by atoms with E-state index in [2.05, 4.69) is 5.32 Å². The van der Waals surface area contributed by atoms with E-state index in [1.807, 2.05) is 60.7 Å². The molecule has 0 saturated carbocycles. The lowest BCUT2D eigenvalue weighted by Gasteiger charge is -2.18. The number of nitro groups is 1. The molecule has 8 nitrogen and oxygen atoms in total. The van der Waals surface area contributed by atoms with Gasteiger partial charge in [0.25, 0.3) is 5.69 Å². The lowest BCUT2D eigenvalue weighted by molar-refractivity contribution is -0.385. The Hall–Kier alpha value is -4.20. The molecule has 3 aromatic carbocycles. The Kier molecular flexibility index (Phi) is 7.91. The number of nitro benzene ring substituents is 1. The molecule has 164 valence electrons. The number of rotatable bonds is 9. The van der Waals surface area contributed by atoms with Gasteiger partial charge in [0.15, 0.2) is 0 Å². The molecule has 0 aliphatic carbocycles. The first-order chi connectivity index (χ1) is 15.5. The van der Waals surface area contributed by atoms with E-state index < -0.39 is 23.0 Å². The SMILES string of the molecule is O=C(N[C@@H](Cc1ccccc1)C(=O)OCc1ccccc1[N+](=O)[O-])OCc1ccccc1. The van der Waals surface area contributed by atoms with E-state index in [-0.39, 0.29) is 30.9 Å². The van der Waals surface area contributed by atoms with Gasteiger partial charge in [-0.1, -0.05) is 72.8 Å². The van der Waals surface area contributed by atoms with Gasteiger partial charge in [-0.3, -0.25) is 10.1 Å². The summed E-state index contributed by atoms with van der Waals surface area (Å²) >= 11 is 0. The maximum absolute atomic E-state index is 12.7. The Morgan fingerprint density at radius 3 is 2.06 bits per heavy atom. The molecule has 1 N–H and O–H groups in total. The zero-order valence-electron chi connectivity index (χ0n) is 17.2. The zero-order valence-corrected chi connectivity index (χ0v) is 17.2. The molecule has 0 bridgehead atoms. The second-order valence-corrected chi connectivity index (χ2v) is 6.94. The molecular weight excluding hydrogens is 412 g/mol. The van der Waals surface area contributed by atoms with Gasteiger partial charge >= 0.3 is 12.1 Å². The highest BCUT2D eigenvalue weighted by Crippen LogP contribution is 2.19. The highest BCUT2D eigenvalue weighted by molar-refractivity contribution is 5.81. The molecule has 8 heteroatoms. The van der Waals surface area contributed by atoms with Crippen LogP contribution in [0.5, 0.6) is 0 Å². The summed E-state index contributed by atoms with van der Waals surface area (Å²) < 4.78 is 10.5. The average Bonchev–Trinajstić information content (AvgIpc) is 2.82. The quantitative estimate of drug-likeness (QED) is 0.308. The van der Waals surface area contributed by atoms with Gasteiger partial charge in [-0.15, -0.1) is 0 Å². The van der Waals surface area contributed by atoms with E-state index in [1.165, 1.54) is 18.2 Å². The predicted octanol–water partition coefficient (Wildman–Crippen LogP) is 4.18. The van der Waals surface area contributed by atoms with Crippen molar-refractivity contribution < 1.29 is 24.0 Å². The van der Waals surface area contributed by atoms with Crippen molar-refractivity contribution in [2.45, 2.75) is 25.7 Å². The second kappa shape index (κ2) is 11.3. The average molecular weight is 434 g/mol. The summed E-state index contributed by atoms with van der Waals surface area (Å²) in [5.74, 6) is -0.719. The summed E-state index contributed by atoms with van der Waals surface area (Å²) in [6, 6.07) is 23.2. The van der Waals surface area contributed by atoms with Crippen molar-refractivity contribution in [2.24, 2.45) is 0 Å². The summed E-state index contributed by atoms with van der Waals surface area (Å²) in [6.07, 6.45) is -0.589. The van der Waals surface area contributed by atoms with Crippen LogP contribution in [0, 0.1) is 10.1 Å². The van der Waals surface area contributed by atoms with Crippen molar-refractivity contribution in [3.8, 4) is 0 Å². The third kappa shape index (κ3) is 6.66. The summed E-state index contributed by atoms with van der Waals surface area (Å²) in [5.41, 5.74) is 1.73. The van der Waals surface area contributed by atoms with Gasteiger partial charge < -0.3 is 14.8 Å². The van der Waals surface area contributed by atoms with E-state index in [0.29, 0.717) is 0 Å². The van der Waals surface area contributed by atoms with Gasteiger partial charge in [-0.2, -0.15) is 0 Å². The third-order valence-electron chi connectivity index (χ3n) is 4.63. The summed E-state index contributed by atoms with van der Waals surface area (Å²) in [7, 11) is 0. The predicted molar refractivity (Wildman–Crippen MR) is 117 cm³/mol. The summed E-state index contributed by atoms with van der Waals surface area (Å²) in [6.45, 7) is -0.238. The van der Waals surface area contributed by atoms with E-state index in [9.17, 15) is 19.7 Å². The minimum Gasteiger partial charge on any atom is -0.459 e. The molecule has 32 heavy (non-hydrogen) atoms. The Bertz CT molecular complexity index is 1060.